The number of hydrogen-bond donors (Lipinski definition) is 1. The first-order valence-electron chi connectivity index (χ1n) is 6.51. The maximum absolute atomic E-state index is 3.58. The second-order valence-electron chi connectivity index (χ2n) is 5.47. The van der Waals surface area contributed by atoms with Crippen LogP contribution in [0.15, 0.2) is 30.3 Å². The topological polar surface area (TPSA) is 15.3 Å². The Morgan fingerprint density at radius 3 is 2.41 bits per heavy atom. The Balaban J connectivity index is 2.41. The minimum absolute atomic E-state index is 0.180. The molecule has 2 nitrogen and oxygen atoms in total. The molecule has 1 aromatic rings. The van der Waals surface area contributed by atoms with Crippen molar-refractivity contribution in [3.05, 3.63) is 35.9 Å². The quantitative estimate of drug-likeness (QED) is 0.780. The second kappa shape index (κ2) is 6.77. The van der Waals surface area contributed by atoms with Gasteiger partial charge in [0.1, 0.15) is 0 Å². The standard InChI is InChI=1S/C15H26N2/c1-5-11-16-15(2,3)13-17(4)12-14-9-7-6-8-10-14/h6-10,16H,5,11-13H2,1-4H3. The minimum Gasteiger partial charge on any atom is -0.311 e. The Morgan fingerprint density at radius 1 is 1.18 bits per heavy atom. The molecule has 1 N–H and O–H groups in total. The molecule has 0 saturated carbocycles. The molecule has 96 valence electrons. The zero-order valence-corrected chi connectivity index (χ0v) is 11.7. The smallest absolute Gasteiger partial charge is 0.0252 e. The second-order valence-corrected chi connectivity index (χ2v) is 5.47. The molecule has 0 fully saturated rings. The fourth-order valence-electron chi connectivity index (χ4n) is 2.15. The van der Waals surface area contributed by atoms with Crippen LogP contribution in [0.1, 0.15) is 32.8 Å². The Morgan fingerprint density at radius 2 is 1.82 bits per heavy atom. The number of likely N-dealkylation sites (N-methyl/N-ethyl adjacent to an activating group) is 1. The third-order valence-electron chi connectivity index (χ3n) is 2.81. The van der Waals surface area contributed by atoms with Gasteiger partial charge in [-0.05, 0) is 39.4 Å². The lowest BCUT2D eigenvalue weighted by Gasteiger charge is -2.31. The van der Waals surface area contributed by atoms with Gasteiger partial charge in [-0.3, -0.25) is 0 Å². The van der Waals surface area contributed by atoms with Crippen LogP contribution in [0.3, 0.4) is 0 Å². The van der Waals surface area contributed by atoms with Crippen molar-refractivity contribution in [1.29, 1.82) is 0 Å². The van der Waals surface area contributed by atoms with Gasteiger partial charge in [0.15, 0.2) is 0 Å². The van der Waals surface area contributed by atoms with Gasteiger partial charge in [0.2, 0.25) is 0 Å². The van der Waals surface area contributed by atoms with Gasteiger partial charge in [-0.25, -0.2) is 0 Å². The summed E-state index contributed by atoms with van der Waals surface area (Å²) >= 11 is 0. The highest BCUT2D eigenvalue weighted by Gasteiger charge is 2.18. The average Bonchev–Trinajstić information content (AvgIpc) is 2.27. The third-order valence-corrected chi connectivity index (χ3v) is 2.81. The summed E-state index contributed by atoms with van der Waals surface area (Å²) < 4.78 is 0. The summed E-state index contributed by atoms with van der Waals surface area (Å²) in [4.78, 5) is 2.37. The molecule has 0 saturated heterocycles. The molecule has 0 aliphatic carbocycles. The summed E-state index contributed by atoms with van der Waals surface area (Å²) in [6.07, 6.45) is 1.19. The van der Waals surface area contributed by atoms with Gasteiger partial charge in [-0.2, -0.15) is 0 Å². The summed E-state index contributed by atoms with van der Waals surface area (Å²) in [5, 5.41) is 3.58. The maximum atomic E-state index is 3.58. The van der Waals surface area contributed by atoms with Gasteiger partial charge in [-0.1, -0.05) is 37.3 Å². The molecule has 1 aromatic carbocycles. The predicted octanol–water partition coefficient (Wildman–Crippen LogP) is 2.90. The molecular formula is C15H26N2. The SMILES string of the molecule is CCCNC(C)(C)CN(C)Cc1ccccc1. The van der Waals surface area contributed by atoms with E-state index in [-0.39, 0.29) is 5.54 Å². The van der Waals surface area contributed by atoms with Crippen LogP contribution in [0.4, 0.5) is 0 Å². The normalized spacial score (nSPS) is 12.1. The Labute approximate surface area is 106 Å². The molecule has 0 amide bonds. The van der Waals surface area contributed by atoms with Crippen LogP contribution < -0.4 is 5.32 Å². The van der Waals surface area contributed by atoms with Crippen molar-refractivity contribution in [2.75, 3.05) is 20.1 Å². The number of benzene rings is 1. The van der Waals surface area contributed by atoms with Crippen LogP contribution in [-0.2, 0) is 6.54 Å². The van der Waals surface area contributed by atoms with Gasteiger partial charge >= 0.3 is 0 Å². The van der Waals surface area contributed by atoms with Crippen LogP contribution in [0.25, 0.3) is 0 Å². The highest BCUT2D eigenvalue weighted by atomic mass is 15.1. The van der Waals surface area contributed by atoms with E-state index in [0.29, 0.717) is 0 Å². The van der Waals surface area contributed by atoms with Gasteiger partial charge < -0.3 is 10.2 Å². The first kappa shape index (κ1) is 14.2. The molecular weight excluding hydrogens is 208 g/mol. The van der Waals surface area contributed by atoms with E-state index in [0.717, 1.165) is 19.6 Å². The van der Waals surface area contributed by atoms with E-state index in [1.54, 1.807) is 0 Å². The first-order valence-corrected chi connectivity index (χ1v) is 6.51. The van der Waals surface area contributed by atoms with Crippen molar-refractivity contribution >= 4 is 0 Å². The highest BCUT2D eigenvalue weighted by molar-refractivity contribution is 5.14. The summed E-state index contributed by atoms with van der Waals surface area (Å²) in [6.45, 7) is 9.90. The molecule has 1 rings (SSSR count). The van der Waals surface area contributed by atoms with E-state index < -0.39 is 0 Å². The Bertz CT molecular complexity index is 306. The molecule has 0 bridgehead atoms. The molecule has 0 aliphatic heterocycles. The molecule has 2 heteroatoms. The van der Waals surface area contributed by atoms with E-state index in [1.165, 1.54) is 12.0 Å². The van der Waals surface area contributed by atoms with E-state index in [1.807, 2.05) is 0 Å². The monoisotopic (exact) mass is 234 g/mol. The van der Waals surface area contributed by atoms with Crippen molar-refractivity contribution in [2.45, 2.75) is 39.3 Å². The number of rotatable bonds is 7. The van der Waals surface area contributed by atoms with Crippen molar-refractivity contribution in [2.24, 2.45) is 0 Å². The van der Waals surface area contributed by atoms with Gasteiger partial charge in [0.05, 0.1) is 0 Å². The van der Waals surface area contributed by atoms with E-state index in [2.05, 4.69) is 68.4 Å². The molecule has 0 heterocycles. The summed E-state index contributed by atoms with van der Waals surface area (Å²) in [6, 6.07) is 10.6. The highest BCUT2D eigenvalue weighted by Crippen LogP contribution is 2.08. The van der Waals surface area contributed by atoms with E-state index >= 15 is 0 Å². The molecule has 0 spiro atoms. The summed E-state index contributed by atoms with van der Waals surface area (Å²) in [7, 11) is 2.18. The fourth-order valence-corrected chi connectivity index (χ4v) is 2.15. The lowest BCUT2D eigenvalue weighted by Crippen LogP contribution is -2.48. The predicted molar refractivity (Wildman–Crippen MR) is 75.1 cm³/mol. The van der Waals surface area contributed by atoms with Crippen LogP contribution in [-0.4, -0.2) is 30.6 Å². The molecule has 0 radical (unpaired) electrons. The third kappa shape index (κ3) is 5.85. The number of nitrogens with zero attached hydrogens (tertiary/aromatic N) is 1. The zero-order valence-electron chi connectivity index (χ0n) is 11.7. The van der Waals surface area contributed by atoms with Crippen molar-refractivity contribution in [3.63, 3.8) is 0 Å². The van der Waals surface area contributed by atoms with Gasteiger partial charge in [0, 0.05) is 18.6 Å². The van der Waals surface area contributed by atoms with Crippen LogP contribution in [0.5, 0.6) is 0 Å². The summed E-state index contributed by atoms with van der Waals surface area (Å²) in [5.41, 5.74) is 1.56. The molecule has 0 unspecified atom stereocenters. The van der Waals surface area contributed by atoms with Crippen LogP contribution in [0.2, 0.25) is 0 Å². The van der Waals surface area contributed by atoms with Crippen molar-refractivity contribution < 1.29 is 0 Å². The summed E-state index contributed by atoms with van der Waals surface area (Å²) in [5.74, 6) is 0. The number of nitrogens with one attached hydrogen (secondary N) is 1. The van der Waals surface area contributed by atoms with Gasteiger partial charge in [-0.15, -0.1) is 0 Å². The first-order chi connectivity index (χ1) is 8.03. The molecule has 0 atom stereocenters. The van der Waals surface area contributed by atoms with Crippen LogP contribution in [0, 0.1) is 0 Å². The Hall–Kier alpha value is -0.860. The zero-order chi connectivity index (χ0) is 12.7. The fraction of sp³-hybridized carbons (Fsp3) is 0.600. The lowest BCUT2D eigenvalue weighted by atomic mass is 10.0. The van der Waals surface area contributed by atoms with Crippen LogP contribution >= 0.6 is 0 Å². The average molecular weight is 234 g/mol. The largest absolute Gasteiger partial charge is 0.311 e. The Kier molecular flexibility index (Phi) is 5.66. The van der Waals surface area contributed by atoms with Crippen molar-refractivity contribution in [3.8, 4) is 0 Å². The maximum Gasteiger partial charge on any atom is 0.0252 e. The van der Waals surface area contributed by atoms with Crippen molar-refractivity contribution in [1.82, 2.24) is 10.2 Å². The van der Waals surface area contributed by atoms with E-state index in [9.17, 15) is 0 Å². The lowest BCUT2D eigenvalue weighted by molar-refractivity contribution is 0.229. The van der Waals surface area contributed by atoms with Gasteiger partial charge in [0.25, 0.3) is 0 Å². The number of hydrogen-bond acceptors (Lipinski definition) is 2. The molecule has 17 heavy (non-hydrogen) atoms. The minimum atomic E-state index is 0.180. The molecule has 0 aromatic heterocycles. The van der Waals surface area contributed by atoms with E-state index in [4.69, 9.17) is 0 Å². The molecule has 0 aliphatic rings.